The number of carbonyl (C=O) groups is 2. The molecule has 0 spiro atoms. The van der Waals surface area contributed by atoms with E-state index in [4.69, 9.17) is 5.73 Å². The fourth-order valence-electron chi connectivity index (χ4n) is 1.92. The number of thiazole rings is 1. The molecule has 6 nitrogen and oxygen atoms in total. The lowest BCUT2D eigenvalue weighted by Gasteiger charge is -2.10. The number of nitrogens with one attached hydrogen (secondary N) is 1. The van der Waals surface area contributed by atoms with Crippen LogP contribution < -0.4 is 11.1 Å². The molecule has 0 radical (unpaired) electrons. The molecule has 0 aliphatic rings. The summed E-state index contributed by atoms with van der Waals surface area (Å²) < 4.78 is 0. The summed E-state index contributed by atoms with van der Waals surface area (Å²) in [4.78, 5) is 29.5. The second-order valence-corrected chi connectivity index (χ2v) is 6.25. The monoisotopic (exact) mass is 332 g/mol. The van der Waals surface area contributed by atoms with Crippen LogP contribution in [0.5, 0.6) is 0 Å². The van der Waals surface area contributed by atoms with Gasteiger partial charge in [0.2, 0.25) is 11.8 Å². The van der Waals surface area contributed by atoms with Gasteiger partial charge < -0.3 is 16.0 Å². The van der Waals surface area contributed by atoms with E-state index in [1.165, 1.54) is 16.2 Å². The zero-order valence-corrected chi connectivity index (χ0v) is 14.0. The molecule has 2 rings (SSSR count). The second-order valence-electron chi connectivity index (χ2n) is 5.39. The van der Waals surface area contributed by atoms with Crippen molar-refractivity contribution < 1.29 is 9.59 Å². The number of benzene rings is 1. The first kappa shape index (κ1) is 17.1. The summed E-state index contributed by atoms with van der Waals surface area (Å²) >= 11 is 1.29. The van der Waals surface area contributed by atoms with E-state index in [9.17, 15) is 9.59 Å². The normalized spacial score (nSPS) is 11.8. The first-order valence-electron chi connectivity index (χ1n) is 7.20. The predicted molar refractivity (Wildman–Crippen MR) is 91.3 cm³/mol. The highest BCUT2D eigenvalue weighted by atomic mass is 32.1. The summed E-state index contributed by atoms with van der Waals surface area (Å²) in [6.07, 6.45) is 0.680. The van der Waals surface area contributed by atoms with Gasteiger partial charge in [0.05, 0.1) is 18.2 Å². The van der Waals surface area contributed by atoms with Gasteiger partial charge in [0, 0.05) is 19.5 Å². The van der Waals surface area contributed by atoms with Crippen molar-refractivity contribution in [1.29, 1.82) is 0 Å². The minimum absolute atomic E-state index is 0.0334. The smallest absolute Gasteiger partial charge is 0.243 e. The molecule has 0 bridgehead atoms. The summed E-state index contributed by atoms with van der Waals surface area (Å²) in [6.45, 7) is 0. The third-order valence-electron chi connectivity index (χ3n) is 3.25. The molecule has 0 saturated heterocycles. The van der Waals surface area contributed by atoms with Gasteiger partial charge in [-0.25, -0.2) is 4.98 Å². The van der Waals surface area contributed by atoms with Crippen LogP contribution in [-0.4, -0.2) is 41.8 Å². The Labute approximate surface area is 139 Å². The number of nitrogens with two attached hydrogens (primary N) is 1. The largest absolute Gasteiger partial charge is 0.348 e. The Kier molecular flexibility index (Phi) is 5.84. The van der Waals surface area contributed by atoms with Crippen LogP contribution in [-0.2, 0) is 22.4 Å². The molecule has 0 aliphatic carbocycles. The molecular formula is C16H20N4O2S. The number of hydrogen-bond acceptors (Lipinski definition) is 5. The van der Waals surface area contributed by atoms with Crippen LogP contribution in [0, 0.1) is 0 Å². The summed E-state index contributed by atoms with van der Waals surface area (Å²) in [6, 6.07) is 8.96. The topological polar surface area (TPSA) is 88.3 Å². The zero-order valence-electron chi connectivity index (χ0n) is 13.2. The van der Waals surface area contributed by atoms with Crippen LogP contribution in [0.1, 0.15) is 11.3 Å². The Morgan fingerprint density at radius 2 is 2.00 bits per heavy atom. The van der Waals surface area contributed by atoms with Crippen molar-refractivity contribution in [3.63, 3.8) is 0 Å². The third kappa shape index (κ3) is 5.15. The Morgan fingerprint density at radius 1 is 1.30 bits per heavy atom. The summed E-state index contributed by atoms with van der Waals surface area (Å²) in [5.74, 6) is -0.317. The van der Waals surface area contributed by atoms with Gasteiger partial charge in [-0.05, 0) is 12.0 Å². The molecular weight excluding hydrogens is 312 g/mol. The highest BCUT2D eigenvalue weighted by Gasteiger charge is 2.16. The highest BCUT2D eigenvalue weighted by Crippen LogP contribution is 2.16. The quantitative estimate of drug-likeness (QED) is 0.834. The molecule has 3 N–H and O–H groups in total. The van der Waals surface area contributed by atoms with Crippen molar-refractivity contribution in [1.82, 2.24) is 9.88 Å². The molecule has 2 amide bonds. The molecule has 1 aromatic heterocycles. The summed E-state index contributed by atoms with van der Waals surface area (Å²) in [7, 11) is 3.39. The van der Waals surface area contributed by atoms with Gasteiger partial charge in [0.15, 0.2) is 5.13 Å². The van der Waals surface area contributed by atoms with E-state index < -0.39 is 6.04 Å². The standard InChI is InChI=1S/C16H20N4O2S/c1-20(2)14(21)9-12-10-23-16(18-12)19-15(22)13(17)8-11-6-4-3-5-7-11/h3-7,10,13H,8-9,17H2,1-2H3,(H,18,19,22). The number of carbonyl (C=O) groups excluding carboxylic acids is 2. The first-order chi connectivity index (χ1) is 11.0. The van der Waals surface area contributed by atoms with Crippen LogP contribution >= 0.6 is 11.3 Å². The van der Waals surface area contributed by atoms with E-state index in [2.05, 4.69) is 10.3 Å². The number of rotatable bonds is 6. The molecule has 23 heavy (non-hydrogen) atoms. The molecule has 1 atom stereocenters. The fourth-order valence-corrected chi connectivity index (χ4v) is 2.63. The van der Waals surface area contributed by atoms with Crippen molar-refractivity contribution in [2.45, 2.75) is 18.9 Å². The Morgan fingerprint density at radius 3 is 2.65 bits per heavy atom. The van der Waals surface area contributed by atoms with Gasteiger partial charge in [-0.1, -0.05) is 30.3 Å². The van der Waals surface area contributed by atoms with Gasteiger partial charge in [-0.3, -0.25) is 9.59 Å². The van der Waals surface area contributed by atoms with Gasteiger partial charge in [-0.15, -0.1) is 11.3 Å². The average molecular weight is 332 g/mol. The number of likely N-dealkylation sites (N-methyl/N-ethyl adjacent to an activating group) is 1. The lowest BCUT2D eigenvalue weighted by Crippen LogP contribution is -2.37. The van der Waals surface area contributed by atoms with Crippen molar-refractivity contribution in [3.8, 4) is 0 Å². The van der Waals surface area contributed by atoms with Crippen LogP contribution in [0.4, 0.5) is 5.13 Å². The SMILES string of the molecule is CN(C)C(=O)Cc1csc(NC(=O)C(N)Cc2ccccc2)n1. The molecule has 0 aliphatic heterocycles. The lowest BCUT2D eigenvalue weighted by molar-refractivity contribution is -0.128. The van der Waals surface area contributed by atoms with E-state index >= 15 is 0 Å². The Balaban J connectivity index is 1.90. The van der Waals surface area contributed by atoms with Crippen LogP contribution in [0.3, 0.4) is 0 Å². The number of anilines is 1. The van der Waals surface area contributed by atoms with Crippen molar-refractivity contribution in [2.24, 2.45) is 5.73 Å². The molecule has 1 aromatic carbocycles. The maximum atomic E-state index is 12.1. The van der Waals surface area contributed by atoms with Crippen LogP contribution in [0.15, 0.2) is 35.7 Å². The van der Waals surface area contributed by atoms with Gasteiger partial charge in [0.1, 0.15) is 0 Å². The minimum atomic E-state index is -0.645. The van der Waals surface area contributed by atoms with Gasteiger partial charge in [-0.2, -0.15) is 0 Å². The molecule has 0 saturated carbocycles. The van der Waals surface area contributed by atoms with Crippen molar-refractivity contribution in [2.75, 3.05) is 19.4 Å². The van der Waals surface area contributed by atoms with E-state index in [0.717, 1.165) is 5.56 Å². The molecule has 7 heteroatoms. The van der Waals surface area contributed by atoms with Gasteiger partial charge >= 0.3 is 0 Å². The maximum absolute atomic E-state index is 12.1. The number of amides is 2. The molecule has 2 aromatic rings. The predicted octanol–water partition coefficient (Wildman–Crippen LogP) is 1.28. The molecule has 1 unspecified atom stereocenters. The number of hydrogen-bond donors (Lipinski definition) is 2. The summed E-state index contributed by atoms with van der Waals surface area (Å²) in [5, 5.41) is 4.93. The number of aromatic nitrogens is 1. The molecule has 1 heterocycles. The summed E-state index contributed by atoms with van der Waals surface area (Å²) in [5.41, 5.74) is 7.57. The fraction of sp³-hybridized carbons (Fsp3) is 0.312. The number of nitrogens with zero attached hydrogens (tertiary/aromatic N) is 2. The van der Waals surface area contributed by atoms with E-state index in [1.807, 2.05) is 30.3 Å². The average Bonchev–Trinajstić information content (AvgIpc) is 2.95. The van der Waals surface area contributed by atoms with Crippen LogP contribution in [0.2, 0.25) is 0 Å². The molecule has 0 fully saturated rings. The lowest BCUT2D eigenvalue weighted by atomic mass is 10.1. The second kappa shape index (κ2) is 7.85. The first-order valence-corrected chi connectivity index (χ1v) is 8.08. The maximum Gasteiger partial charge on any atom is 0.243 e. The van der Waals surface area contributed by atoms with E-state index in [1.54, 1.807) is 19.5 Å². The van der Waals surface area contributed by atoms with Crippen molar-refractivity contribution in [3.05, 3.63) is 47.0 Å². The highest BCUT2D eigenvalue weighted by molar-refractivity contribution is 7.13. The van der Waals surface area contributed by atoms with E-state index in [-0.39, 0.29) is 18.2 Å². The third-order valence-corrected chi connectivity index (χ3v) is 4.05. The molecule has 122 valence electrons. The van der Waals surface area contributed by atoms with E-state index in [0.29, 0.717) is 17.2 Å². The van der Waals surface area contributed by atoms with Crippen molar-refractivity contribution >= 4 is 28.3 Å². The zero-order chi connectivity index (χ0) is 16.8. The Bertz CT molecular complexity index is 670. The van der Waals surface area contributed by atoms with Crippen LogP contribution in [0.25, 0.3) is 0 Å². The Hall–Kier alpha value is -2.25. The minimum Gasteiger partial charge on any atom is -0.348 e. The van der Waals surface area contributed by atoms with Gasteiger partial charge in [0.25, 0.3) is 0 Å².